The summed E-state index contributed by atoms with van der Waals surface area (Å²) in [6.07, 6.45) is 0.307. The molecule has 1 heterocycles. The lowest BCUT2D eigenvalue weighted by Gasteiger charge is -2.31. The molecule has 1 saturated heterocycles. The second kappa shape index (κ2) is 23.5. The number of aliphatic hydroxyl groups is 2. The minimum atomic E-state index is -1.61. The molecule has 8 atom stereocenters. The number of nitrogens with zero attached hydrogens (tertiary/aromatic N) is 1. The molecule has 1 aliphatic rings. The van der Waals surface area contributed by atoms with Crippen LogP contribution in [0.15, 0.2) is 60.7 Å². The van der Waals surface area contributed by atoms with E-state index in [4.69, 9.17) is 11.5 Å². The minimum Gasteiger partial charge on any atom is -0.480 e. The lowest BCUT2D eigenvalue weighted by molar-refractivity contribution is -0.144. The van der Waals surface area contributed by atoms with Crippen LogP contribution in [0.25, 0.3) is 0 Å². The number of likely N-dealkylation sites (tertiary alicyclic amines) is 1. The monoisotopic (exact) mass is 824 g/mol. The van der Waals surface area contributed by atoms with Crippen molar-refractivity contribution in [3.8, 4) is 0 Å². The van der Waals surface area contributed by atoms with Gasteiger partial charge in [-0.1, -0.05) is 80.9 Å². The maximum absolute atomic E-state index is 14.3. The van der Waals surface area contributed by atoms with Crippen LogP contribution >= 0.6 is 0 Å². The van der Waals surface area contributed by atoms with Crippen molar-refractivity contribution >= 4 is 47.3 Å². The van der Waals surface area contributed by atoms with E-state index in [1.54, 1.807) is 74.5 Å². The predicted octanol–water partition coefficient (Wildman–Crippen LogP) is -2.41. The number of carbonyl (C=O) groups excluding carboxylic acids is 7. The lowest BCUT2D eigenvalue weighted by atomic mass is 9.98. The molecular formula is C40H56N8O11. The minimum absolute atomic E-state index is 0.0348. The van der Waals surface area contributed by atoms with Crippen molar-refractivity contribution in [2.45, 2.75) is 101 Å². The fourth-order valence-corrected chi connectivity index (χ4v) is 6.47. The number of nitrogens with two attached hydrogens (primary N) is 2. The van der Waals surface area contributed by atoms with Crippen molar-refractivity contribution in [2.75, 3.05) is 19.8 Å². The average Bonchev–Trinajstić information content (AvgIpc) is 3.72. The van der Waals surface area contributed by atoms with Crippen LogP contribution in [0.2, 0.25) is 0 Å². The maximum atomic E-state index is 14.3. The summed E-state index contributed by atoms with van der Waals surface area (Å²) in [5.41, 5.74) is 12.2. The Morgan fingerprint density at radius 2 is 1.25 bits per heavy atom. The SMILES string of the molecule is CCC(C)C(NC(=O)C(CCC(N)=O)NC(=O)C1CCCN1C(=O)C(Cc1ccccc1)NC(=O)C(CO)NC(=O)C(Cc1ccccc1)NC(=O)C(N)CO)C(=O)O. The zero-order chi connectivity index (χ0) is 43.6. The number of hydrogen-bond donors (Lipinski definition) is 10. The third-order valence-corrected chi connectivity index (χ3v) is 10.1. The molecule has 0 bridgehead atoms. The molecule has 0 spiro atoms. The molecule has 1 aliphatic heterocycles. The van der Waals surface area contributed by atoms with Gasteiger partial charge in [-0.3, -0.25) is 33.6 Å². The van der Waals surface area contributed by atoms with Crippen LogP contribution in [-0.4, -0.2) is 130 Å². The third-order valence-electron chi connectivity index (χ3n) is 10.1. The number of hydrogen-bond acceptors (Lipinski definition) is 11. The van der Waals surface area contributed by atoms with Crippen LogP contribution in [0.3, 0.4) is 0 Å². The van der Waals surface area contributed by atoms with Gasteiger partial charge in [-0.15, -0.1) is 0 Å². The van der Waals surface area contributed by atoms with E-state index in [0.29, 0.717) is 24.0 Å². The number of aliphatic carboxylic acids is 1. The van der Waals surface area contributed by atoms with Crippen molar-refractivity contribution in [3.63, 3.8) is 0 Å². The Kier molecular flexibility index (Phi) is 18.9. The summed E-state index contributed by atoms with van der Waals surface area (Å²) in [4.78, 5) is 106. The molecule has 0 aromatic heterocycles. The van der Waals surface area contributed by atoms with Gasteiger partial charge in [-0.05, 0) is 36.3 Å². The van der Waals surface area contributed by atoms with Crippen molar-refractivity contribution < 1.29 is 53.7 Å². The van der Waals surface area contributed by atoms with Crippen LogP contribution in [0.5, 0.6) is 0 Å². The van der Waals surface area contributed by atoms with Crippen molar-refractivity contribution in [1.82, 2.24) is 31.5 Å². The van der Waals surface area contributed by atoms with E-state index in [1.807, 2.05) is 0 Å². The molecule has 2 aromatic carbocycles. The van der Waals surface area contributed by atoms with Gasteiger partial charge in [0.15, 0.2) is 0 Å². The summed E-state index contributed by atoms with van der Waals surface area (Å²) >= 11 is 0. The molecule has 3 rings (SSSR count). The number of aliphatic hydroxyl groups excluding tert-OH is 2. The highest BCUT2D eigenvalue weighted by Crippen LogP contribution is 2.21. The first-order chi connectivity index (χ1) is 28.1. The number of carbonyl (C=O) groups is 8. The summed E-state index contributed by atoms with van der Waals surface area (Å²) in [7, 11) is 0. The molecule has 1 fully saturated rings. The average molecular weight is 825 g/mol. The van der Waals surface area contributed by atoms with E-state index in [9.17, 15) is 53.7 Å². The van der Waals surface area contributed by atoms with Crippen LogP contribution in [0.4, 0.5) is 0 Å². The first-order valence-electron chi connectivity index (χ1n) is 19.5. The highest BCUT2D eigenvalue weighted by molar-refractivity contribution is 5.97. The fourth-order valence-electron chi connectivity index (χ4n) is 6.47. The number of benzene rings is 2. The topological polar surface area (TPSA) is 313 Å². The standard InChI is InChI=1S/C40H56N8O11/c1-3-23(2)33(40(58)59)47-35(53)27(16-17-32(42)51)43-38(56)31-15-10-18-48(31)39(57)29(20-25-13-8-5-9-14-25)45-37(55)30(22-50)46-36(54)28(44-34(52)26(41)21-49)19-24-11-6-4-7-12-24/h4-9,11-14,23,26-31,33,49-50H,3,10,15-22,41H2,1-2H3,(H2,42,51)(H,43,56)(H,44,52)(H,45,55)(H,46,54)(H,47,53)(H,58,59). The normalized spacial score (nSPS) is 17.2. The second-order valence-corrected chi connectivity index (χ2v) is 14.5. The Bertz CT molecular complexity index is 1770. The van der Waals surface area contributed by atoms with Crippen molar-refractivity contribution in [1.29, 1.82) is 0 Å². The van der Waals surface area contributed by atoms with Gasteiger partial charge < -0.3 is 58.3 Å². The molecular weight excluding hydrogens is 768 g/mol. The third kappa shape index (κ3) is 14.4. The number of carboxylic acids is 1. The highest BCUT2D eigenvalue weighted by Gasteiger charge is 2.40. The van der Waals surface area contributed by atoms with Crippen LogP contribution in [0, 0.1) is 5.92 Å². The molecule has 0 saturated carbocycles. The van der Waals surface area contributed by atoms with Crippen LogP contribution in [-0.2, 0) is 51.2 Å². The van der Waals surface area contributed by atoms with E-state index in [0.717, 1.165) is 0 Å². The number of primary amides is 1. The molecule has 0 aliphatic carbocycles. The lowest BCUT2D eigenvalue weighted by Crippen LogP contribution is -2.61. The van der Waals surface area contributed by atoms with Gasteiger partial charge >= 0.3 is 5.97 Å². The van der Waals surface area contributed by atoms with Gasteiger partial charge in [0.25, 0.3) is 0 Å². The first kappa shape index (κ1) is 47.5. The zero-order valence-corrected chi connectivity index (χ0v) is 33.2. The number of amides is 7. The van der Waals surface area contributed by atoms with Crippen molar-refractivity contribution in [3.05, 3.63) is 71.8 Å². The van der Waals surface area contributed by atoms with E-state index in [1.165, 1.54) is 4.90 Å². The second-order valence-electron chi connectivity index (χ2n) is 14.5. The Morgan fingerprint density at radius 1 is 0.729 bits per heavy atom. The van der Waals surface area contributed by atoms with Gasteiger partial charge in [-0.25, -0.2) is 4.79 Å². The smallest absolute Gasteiger partial charge is 0.326 e. The van der Waals surface area contributed by atoms with Gasteiger partial charge in [0.05, 0.1) is 13.2 Å². The maximum Gasteiger partial charge on any atom is 0.326 e. The molecule has 7 amide bonds. The van der Waals surface area contributed by atoms with Crippen molar-refractivity contribution in [2.24, 2.45) is 17.4 Å². The number of nitrogens with one attached hydrogen (secondary N) is 5. The first-order valence-corrected chi connectivity index (χ1v) is 19.5. The Balaban J connectivity index is 1.84. The Morgan fingerprint density at radius 3 is 1.78 bits per heavy atom. The van der Waals surface area contributed by atoms with Crippen LogP contribution in [0.1, 0.15) is 57.1 Å². The van der Waals surface area contributed by atoms with Gasteiger partial charge in [-0.2, -0.15) is 0 Å². The molecule has 0 radical (unpaired) electrons. The molecule has 19 nitrogen and oxygen atoms in total. The summed E-state index contributed by atoms with van der Waals surface area (Å²) in [5.74, 6) is -7.44. The summed E-state index contributed by atoms with van der Waals surface area (Å²) < 4.78 is 0. The summed E-state index contributed by atoms with van der Waals surface area (Å²) in [6, 6.07) is 7.89. The molecule has 19 heteroatoms. The molecule has 12 N–H and O–H groups in total. The highest BCUT2D eigenvalue weighted by atomic mass is 16.4. The van der Waals surface area contributed by atoms with Gasteiger partial charge in [0, 0.05) is 25.8 Å². The number of rotatable bonds is 23. The quantitative estimate of drug-likeness (QED) is 0.0561. The van der Waals surface area contributed by atoms with Crippen LogP contribution < -0.4 is 38.1 Å². The number of carboxylic acid groups (broad SMARTS) is 1. The Labute approximate surface area is 342 Å². The Hall–Kier alpha value is -5.92. The van der Waals surface area contributed by atoms with Gasteiger partial charge in [0.1, 0.15) is 42.3 Å². The van der Waals surface area contributed by atoms with E-state index < -0.39 is 109 Å². The largest absolute Gasteiger partial charge is 0.480 e. The predicted molar refractivity (Wildman–Crippen MR) is 212 cm³/mol. The molecule has 2 aromatic rings. The molecule has 322 valence electrons. The van der Waals surface area contributed by atoms with E-state index in [2.05, 4.69) is 26.6 Å². The zero-order valence-electron chi connectivity index (χ0n) is 33.2. The molecule has 8 unspecified atom stereocenters. The summed E-state index contributed by atoms with van der Waals surface area (Å²) in [5, 5.41) is 41.8. The van der Waals surface area contributed by atoms with E-state index in [-0.39, 0.29) is 38.6 Å². The summed E-state index contributed by atoms with van der Waals surface area (Å²) in [6.45, 7) is 1.87. The van der Waals surface area contributed by atoms with Gasteiger partial charge in [0.2, 0.25) is 41.4 Å². The fraction of sp³-hybridized carbons (Fsp3) is 0.500. The molecule has 59 heavy (non-hydrogen) atoms. The van der Waals surface area contributed by atoms with E-state index >= 15 is 0 Å².